The van der Waals surface area contributed by atoms with Crippen molar-refractivity contribution in [1.82, 2.24) is 4.90 Å². The van der Waals surface area contributed by atoms with E-state index >= 15 is 0 Å². The second kappa shape index (κ2) is 11.8. The summed E-state index contributed by atoms with van der Waals surface area (Å²) < 4.78 is 16.8. The summed E-state index contributed by atoms with van der Waals surface area (Å²) in [4.78, 5) is 37.1. The van der Waals surface area contributed by atoms with Crippen LogP contribution in [0.5, 0.6) is 17.2 Å². The van der Waals surface area contributed by atoms with Crippen LogP contribution < -0.4 is 14.2 Å². The molecule has 3 aromatic rings. The molecule has 1 saturated heterocycles. The largest absolute Gasteiger partial charge is 0.493 e. The Kier molecular flexibility index (Phi) is 8.32. The number of nitrogens with zero attached hydrogens (tertiary/aromatic N) is 2. The second-order valence-corrected chi connectivity index (χ2v) is 9.19. The van der Waals surface area contributed by atoms with Crippen LogP contribution in [0.25, 0.3) is 6.08 Å². The Morgan fingerprint density at radius 1 is 1.03 bits per heavy atom. The van der Waals surface area contributed by atoms with Gasteiger partial charge in [0.15, 0.2) is 11.5 Å². The Hall–Kier alpha value is -4.02. The molecule has 3 aromatic carbocycles. The number of nitro benzene ring substituents is 1. The van der Waals surface area contributed by atoms with Gasteiger partial charge < -0.3 is 14.2 Å². The van der Waals surface area contributed by atoms with E-state index in [2.05, 4.69) is 0 Å². The van der Waals surface area contributed by atoms with Crippen molar-refractivity contribution in [1.29, 1.82) is 0 Å². The highest BCUT2D eigenvalue weighted by atomic mass is 35.5. The number of imide groups is 1. The van der Waals surface area contributed by atoms with Gasteiger partial charge in [-0.05, 0) is 65.4 Å². The van der Waals surface area contributed by atoms with Crippen LogP contribution >= 0.6 is 23.4 Å². The molecule has 0 aliphatic carbocycles. The van der Waals surface area contributed by atoms with Gasteiger partial charge in [-0.15, -0.1) is 0 Å². The lowest BCUT2D eigenvalue weighted by Crippen LogP contribution is -2.32. The van der Waals surface area contributed by atoms with Crippen LogP contribution in [-0.2, 0) is 11.4 Å². The van der Waals surface area contributed by atoms with Gasteiger partial charge in [0.2, 0.25) is 0 Å². The highest BCUT2D eigenvalue weighted by molar-refractivity contribution is 8.18. The van der Waals surface area contributed by atoms with Crippen molar-refractivity contribution in [3.05, 3.63) is 97.9 Å². The van der Waals surface area contributed by atoms with Crippen LogP contribution in [0.3, 0.4) is 0 Å². The van der Waals surface area contributed by atoms with Gasteiger partial charge in [0.1, 0.15) is 19.0 Å². The summed E-state index contributed by atoms with van der Waals surface area (Å²) in [5.41, 5.74) is 1.26. The Bertz CT molecular complexity index is 1360. The van der Waals surface area contributed by atoms with Crippen LogP contribution in [0.1, 0.15) is 11.1 Å². The number of non-ortho nitro benzene ring substituents is 1. The van der Waals surface area contributed by atoms with E-state index in [9.17, 15) is 19.7 Å². The molecule has 1 fully saturated rings. The molecule has 9 nitrogen and oxygen atoms in total. The van der Waals surface area contributed by atoms with Crippen molar-refractivity contribution in [3.8, 4) is 17.2 Å². The molecule has 1 aliphatic heterocycles. The Balaban J connectivity index is 1.39. The zero-order chi connectivity index (χ0) is 26.4. The van der Waals surface area contributed by atoms with E-state index in [0.29, 0.717) is 33.4 Å². The molecule has 0 radical (unpaired) electrons. The first-order chi connectivity index (χ1) is 17.8. The van der Waals surface area contributed by atoms with E-state index in [0.717, 1.165) is 16.7 Å². The summed E-state index contributed by atoms with van der Waals surface area (Å²) in [7, 11) is 1.48. The molecule has 0 spiro atoms. The van der Waals surface area contributed by atoms with Crippen molar-refractivity contribution in [3.63, 3.8) is 0 Å². The first-order valence-corrected chi connectivity index (χ1v) is 12.2. The van der Waals surface area contributed by atoms with Crippen molar-refractivity contribution in [2.24, 2.45) is 0 Å². The van der Waals surface area contributed by atoms with Crippen LogP contribution in [0.15, 0.2) is 71.6 Å². The second-order valence-electron chi connectivity index (χ2n) is 7.76. The van der Waals surface area contributed by atoms with Gasteiger partial charge in [-0.3, -0.25) is 24.6 Å². The summed E-state index contributed by atoms with van der Waals surface area (Å²) in [6.07, 6.45) is 1.61. The minimum atomic E-state index is -0.465. The third-order valence-electron chi connectivity index (χ3n) is 5.27. The number of carbonyl (C=O) groups excluding carboxylic acids is 2. The van der Waals surface area contributed by atoms with Crippen LogP contribution in [0.4, 0.5) is 10.5 Å². The van der Waals surface area contributed by atoms with Gasteiger partial charge in [-0.2, -0.15) is 0 Å². The number of hydrogen-bond donors (Lipinski definition) is 0. The molecular formula is C26H21ClN2O7S. The van der Waals surface area contributed by atoms with E-state index in [-0.39, 0.29) is 35.6 Å². The smallest absolute Gasteiger partial charge is 0.293 e. The molecular weight excluding hydrogens is 520 g/mol. The summed E-state index contributed by atoms with van der Waals surface area (Å²) in [5, 5.41) is 11.2. The zero-order valence-corrected chi connectivity index (χ0v) is 21.2. The maximum atomic E-state index is 12.8. The average Bonchev–Trinajstić information content (AvgIpc) is 3.16. The molecule has 0 N–H and O–H groups in total. The average molecular weight is 541 g/mol. The van der Waals surface area contributed by atoms with Gasteiger partial charge >= 0.3 is 0 Å². The van der Waals surface area contributed by atoms with E-state index in [1.54, 1.807) is 60.7 Å². The third-order valence-corrected chi connectivity index (χ3v) is 6.43. The van der Waals surface area contributed by atoms with Gasteiger partial charge in [0.05, 0.1) is 23.5 Å². The standard InChI is InChI=1S/C26H21ClN2O7S/c1-34-23-14-17(5-10-22(23)36-16-18-3-2-4-20(13-18)29(32)33)15-24-25(30)28(26(31)37-24)11-12-35-21-8-6-19(27)7-9-21/h2-10,13-15H,11-12,16H2,1H3/b24-15-. The number of benzene rings is 3. The van der Waals surface area contributed by atoms with Crippen molar-refractivity contribution in [2.75, 3.05) is 20.3 Å². The maximum Gasteiger partial charge on any atom is 0.293 e. The molecule has 11 heteroatoms. The SMILES string of the molecule is COc1cc(/C=C2\SC(=O)N(CCOc3ccc(Cl)cc3)C2=O)ccc1OCc1cccc([N+](=O)[O-])c1. The minimum Gasteiger partial charge on any atom is -0.493 e. The highest BCUT2D eigenvalue weighted by Crippen LogP contribution is 2.35. The Morgan fingerprint density at radius 2 is 1.81 bits per heavy atom. The maximum absolute atomic E-state index is 12.8. The van der Waals surface area contributed by atoms with Gasteiger partial charge in [-0.25, -0.2) is 0 Å². The molecule has 0 aromatic heterocycles. The molecule has 1 heterocycles. The fourth-order valence-electron chi connectivity index (χ4n) is 3.44. The van der Waals surface area contributed by atoms with E-state index in [1.807, 2.05) is 0 Å². The number of methoxy groups -OCH3 is 1. The van der Waals surface area contributed by atoms with E-state index in [1.165, 1.54) is 19.2 Å². The summed E-state index contributed by atoms with van der Waals surface area (Å²) >= 11 is 6.71. The normalized spacial score (nSPS) is 14.2. The Morgan fingerprint density at radius 3 is 2.54 bits per heavy atom. The third kappa shape index (κ3) is 6.60. The zero-order valence-electron chi connectivity index (χ0n) is 19.6. The fourth-order valence-corrected chi connectivity index (χ4v) is 4.43. The molecule has 37 heavy (non-hydrogen) atoms. The molecule has 2 amide bonds. The van der Waals surface area contributed by atoms with Crippen molar-refractivity contribution < 1.29 is 28.7 Å². The molecule has 0 unspecified atom stereocenters. The summed E-state index contributed by atoms with van der Waals surface area (Å²) in [5.74, 6) is 1.03. The molecule has 190 valence electrons. The lowest BCUT2D eigenvalue weighted by atomic mass is 10.1. The summed E-state index contributed by atoms with van der Waals surface area (Å²) in [6.45, 7) is 0.365. The first-order valence-electron chi connectivity index (χ1n) is 11.0. The monoisotopic (exact) mass is 540 g/mol. The first kappa shape index (κ1) is 26.1. The number of carbonyl (C=O) groups is 2. The predicted molar refractivity (Wildman–Crippen MR) is 140 cm³/mol. The quantitative estimate of drug-likeness (QED) is 0.176. The predicted octanol–water partition coefficient (Wildman–Crippen LogP) is 5.95. The number of nitro groups is 1. The molecule has 1 aliphatic rings. The number of ether oxygens (including phenoxy) is 3. The molecule has 0 atom stereocenters. The fraction of sp³-hybridized carbons (Fsp3) is 0.154. The lowest BCUT2D eigenvalue weighted by molar-refractivity contribution is -0.384. The topological polar surface area (TPSA) is 108 Å². The molecule has 0 saturated carbocycles. The van der Waals surface area contributed by atoms with Gasteiger partial charge in [-0.1, -0.05) is 29.8 Å². The van der Waals surface area contributed by atoms with E-state index < -0.39 is 10.8 Å². The number of hydrogen-bond acceptors (Lipinski definition) is 8. The van der Waals surface area contributed by atoms with Crippen molar-refractivity contribution in [2.45, 2.75) is 6.61 Å². The van der Waals surface area contributed by atoms with E-state index in [4.69, 9.17) is 25.8 Å². The lowest BCUT2D eigenvalue weighted by Gasteiger charge is -2.13. The Labute approximate surface area is 221 Å². The highest BCUT2D eigenvalue weighted by Gasteiger charge is 2.34. The number of amides is 2. The van der Waals surface area contributed by atoms with Crippen molar-refractivity contribution >= 4 is 46.3 Å². The molecule has 0 bridgehead atoms. The van der Waals surface area contributed by atoms with Crippen LogP contribution in [-0.4, -0.2) is 41.2 Å². The van der Waals surface area contributed by atoms with Crippen LogP contribution in [0.2, 0.25) is 5.02 Å². The summed E-state index contributed by atoms with van der Waals surface area (Å²) in [6, 6.07) is 18.1. The molecule has 4 rings (SSSR count). The van der Waals surface area contributed by atoms with Gasteiger partial charge in [0.25, 0.3) is 16.8 Å². The van der Waals surface area contributed by atoms with Crippen LogP contribution in [0, 0.1) is 10.1 Å². The minimum absolute atomic E-state index is 0.0195. The number of rotatable bonds is 10. The number of thioether (sulfide) groups is 1. The number of halogens is 1. The van der Waals surface area contributed by atoms with Gasteiger partial charge in [0, 0.05) is 17.2 Å².